The van der Waals surface area contributed by atoms with Gasteiger partial charge < -0.3 is 5.11 Å². The van der Waals surface area contributed by atoms with E-state index in [1.165, 1.54) is 0 Å². The van der Waals surface area contributed by atoms with Crippen molar-refractivity contribution in [2.75, 3.05) is 0 Å². The Hall–Kier alpha value is -1.18. The maximum Gasteiger partial charge on any atom is 0.303 e. The zero-order chi connectivity index (χ0) is 17.6. The van der Waals surface area contributed by atoms with Crippen molar-refractivity contribution in [2.45, 2.75) is 49.5 Å². The molecule has 0 heterocycles. The fraction of sp³-hybridized carbons (Fsp3) is 0.471. The van der Waals surface area contributed by atoms with Gasteiger partial charge in [0.25, 0.3) is 0 Å². The maximum atomic E-state index is 12.4. The predicted molar refractivity (Wildman–Crippen MR) is 96.2 cm³/mol. The Kier molecular flexibility index (Phi) is 7.01. The van der Waals surface area contributed by atoms with Crippen molar-refractivity contribution in [1.82, 2.24) is 4.72 Å². The number of nitrogens with one attached hydrogen (secondary N) is 1. The number of allylic oxidation sites excluding steroid dienone is 2. The summed E-state index contributed by atoms with van der Waals surface area (Å²) in [4.78, 5) is 10.7. The zero-order valence-corrected chi connectivity index (χ0v) is 15.7. The molecule has 0 aromatic heterocycles. The van der Waals surface area contributed by atoms with Crippen molar-refractivity contribution < 1.29 is 18.3 Å². The molecule has 1 fully saturated rings. The largest absolute Gasteiger partial charge is 0.481 e. The van der Waals surface area contributed by atoms with Crippen molar-refractivity contribution in [3.8, 4) is 0 Å². The number of halogens is 1. The average molecular weight is 416 g/mol. The Morgan fingerprint density at radius 2 is 2.00 bits per heavy atom. The molecular formula is C17H22BrNO4S. The van der Waals surface area contributed by atoms with Crippen LogP contribution in [0.5, 0.6) is 0 Å². The molecule has 2 atom stereocenters. The number of benzene rings is 1. The molecule has 0 radical (unpaired) electrons. The second-order valence-corrected chi connectivity index (χ2v) is 8.69. The van der Waals surface area contributed by atoms with Crippen LogP contribution in [0.1, 0.15) is 38.5 Å². The Morgan fingerprint density at radius 3 is 2.67 bits per heavy atom. The van der Waals surface area contributed by atoms with Crippen LogP contribution in [0.3, 0.4) is 0 Å². The van der Waals surface area contributed by atoms with Gasteiger partial charge in [-0.25, -0.2) is 13.1 Å². The number of carboxylic acids is 1. The van der Waals surface area contributed by atoms with Gasteiger partial charge in [0.2, 0.25) is 10.0 Å². The fourth-order valence-corrected chi connectivity index (χ4v) is 4.41. The first-order valence-corrected chi connectivity index (χ1v) is 10.3. The molecule has 24 heavy (non-hydrogen) atoms. The molecule has 2 N–H and O–H groups in total. The highest BCUT2D eigenvalue weighted by molar-refractivity contribution is 9.10. The van der Waals surface area contributed by atoms with E-state index in [1.807, 2.05) is 6.08 Å². The first kappa shape index (κ1) is 19.1. The summed E-state index contributed by atoms with van der Waals surface area (Å²) in [5.74, 6) is -0.417. The highest BCUT2D eigenvalue weighted by atomic mass is 79.9. The van der Waals surface area contributed by atoms with E-state index in [2.05, 4.69) is 26.7 Å². The summed E-state index contributed by atoms with van der Waals surface area (Å²) in [6.07, 6.45) is 8.23. The normalized spacial score (nSPS) is 21.4. The summed E-state index contributed by atoms with van der Waals surface area (Å²) in [5, 5.41) is 8.58. The summed E-state index contributed by atoms with van der Waals surface area (Å²) in [6, 6.07) is 6.55. The molecule has 1 saturated carbocycles. The third kappa shape index (κ3) is 6.03. The topological polar surface area (TPSA) is 83.5 Å². The van der Waals surface area contributed by atoms with Crippen LogP contribution in [0.15, 0.2) is 45.8 Å². The van der Waals surface area contributed by atoms with Gasteiger partial charge >= 0.3 is 5.97 Å². The Labute approximate surface area is 151 Å². The number of rotatable bonds is 8. The minimum absolute atomic E-state index is 0.0488. The van der Waals surface area contributed by atoms with Gasteiger partial charge in [-0.1, -0.05) is 28.1 Å². The van der Waals surface area contributed by atoms with Crippen LogP contribution in [0.4, 0.5) is 0 Å². The lowest BCUT2D eigenvalue weighted by Crippen LogP contribution is -2.32. The Bertz CT molecular complexity index is 685. The SMILES string of the molecule is O=C(O)CCC/C=C\[C@@H]1CC[C@H](NS(=O)(=O)c2ccc(Br)cc2)C1. The van der Waals surface area contributed by atoms with Crippen LogP contribution in [0.25, 0.3) is 0 Å². The first-order chi connectivity index (χ1) is 11.4. The third-order valence-electron chi connectivity index (χ3n) is 4.09. The van der Waals surface area contributed by atoms with Gasteiger partial charge in [0.05, 0.1) is 4.90 Å². The Balaban J connectivity index is 1.81. The summed E-state index contributed by atoms with van der Waals surface area (Å²) >= 11 is 3.30. The summed E-state index contributed by atoms with van der Waals surface area (Å²) in [7, 11) is -3.48. The molecule has 0 spiro atoms. The monoisotopic (exact) mass is 415 g/mol. The zero-order valence-electron chi connectivity index (χ0n) is 13.3. The van der Waals surface area contributed by atoms with E-state index in [0.29, 0.717) is 12.3 Å². The molecule has 0 unspecified atom stereocenters. The van der Waals surface area contributed by atoms with Crippen LogP contribution in [-0.2, 0) is 14.8 Å². The van der Waals surface area contributed by atoms with E-state index in [4.69, 9.17) is 5.11 Å². The number of carboxylic acid groups (broad SMARTS) is 1. The number of sulfonamides is 1. The van der Waals surface area contributed by atoms with E-state index in [9.17, 15) is 13.2 Å². The van der Waals surface area contributed by atoms with Gasteiger partial charge in [-0.3, -0.25) is 4.79 Å². The number of unbranched alkanes of at least 4 members (excludes halogenated alkanes) is 1. The molecular weight excluding hydrogens is 394 g/mol. The molecule has 0 aliphatic heterocycles. The highest BCUT2D eigenvalue weighted by Crippen LogP contribution is 2.28. The molecule has 1 aliphatic carbocycles. The number of carbonyl (C=O) groups is 1. The smallest absolute Gasteiger partial charge is 0.303 e. The predicted octanol–water partition coefficient (Wildman–Crippen LogP) is 3.71. The lowest BCUT2D eigenvalue weighted by atomic mass is 10.1. The third-order valence-corrected chi connectivity index (χ3v) is 6.15. The second-order valence-electron chi connectivity index (χ2n) is 6.06. The van der Waals surface area contributed by atoms with Crippen LogP contribution in [-0.4, -0.2) is 25.5 Å². The molecule has 7 heteroatoms. The van der Waals surface area contributed by atoms with Gasteiger partial charge in [-0.2, -0.15) is 0 Å². The van der Waals surface area contributed by atoms with Crippen LogP contribution in [0, 0.1) is 5.92 Å². The van der Waals surface area contributed by atoms with Crippen molar-refractivity contribution in [2.24, 2.45) is 5.92 Å². The summed E-state index contributed by atoms with van der Waals surface area (Å²) < 4.78 is 28.4. The second kappa shape index (κ2) is 8.78. The van der Waals surface area contributed by atoms with Crippen molar-refractivity contribution >= 4 is 31.9 Å². The van der Waals surface area contributed by atoms with Gasteiger partial charge in [0.15, 0.2) is 0 Å². The molecule has 2 rings (SSSR count). The van der Waals surface area contributed by atoms with Crippen molar-refractivity contribution in [3.05, 3.63) is 40.9 Å². The average Bonchev–Trinajstić information content (AvgIpc) is 2.93. The lowest BCUT2D eigenvalue weighted by molar-refractivity contribution is -0.137. The molecule has 0 amide bonds. The van der Waals surface area contributed by atoms with Crippen LogP contribution >= 0.6 is 15.9 Å². The molecule has 1 aromatic rings. The molecule has 5 nitrogen and oxygen atoms in total. The molecule has 0 saturated heterocycles. The standard InChI is InChI=1S/C17H22BrNO4S/c18-14-7-10-16(11-8-14)24(22,23)19-15-9-6-13(12-15)4-2-1-3-5-17(20)21/h2,4,7-8,10-11,13,15,19H,1,3,5-6,9,12H2,(H,20,21)/b4-2-/t13-,15+/m1/s1. The highest BCUT2D eigenvalue weighted by Gasteiger charge is 2.27. The first-order valence-electron chi connectivity index (χ1n) is 8.03. The molecule has 1 aromatic carbocycles. The number of hydrogen-bond donors (Lipinski definition) is 2. The lowest BCUT2D eigenvalue weighted by Gasteiger charge is -2.13. The minimum atomic E-state index is -3.48. The Morgan fingerprint density at radius 1 is 1.29 bits per heavy atom. The van der Waals surface area contributed by atoms with Crippen molar-refractivity contribution in [1.29, 1.82) is 0 Å². The molecule has 132 valence electrons. The van der Waals surface area contributed by atoms with Gasteiger partial charge in [-0.05, 0) is 62.3 Å². The molecule has 0 bridgehead atoms. The van der Waals surface area contributed by atoms with E-state index in [0.717, 1.165) is 30.2 Å². The number of aliphatic carboxylic acids is 1. The van der Waals surface area contributed by atoms with Gasteiger partial charge in [-0.15, -0.1) is 0 Å². The van der Waals surface area contributed by atoms with Crippen LogP contribution < -0.4 is 4.72 Å². The fourth-order valence-electron chi connectivity index (χ4n) is 2.86. The van der Waals surface area contributed by atoms with Crippen LogP contribution in [0.2, 0.25) is 0 Å². The van der Waals surface area contributed by atoms with E-state index < -0.39 is 16.0 Å². The minimum Gasteiger partial charge on any atom is -0.481 e. The van der Waals surface area contributed by atoms with Gasteiger partial charge in [0, 0.05) is 16.9 Å². The van der Waals surface area contributed by atoms with E-state index >= 15 is 0 Å². The number of hydrogen-bond acceptors (Lipinski definition) is 3. The van der Waals surface area contributed by atoms with Gasteiger partial charge in [0.1, 0.15) is 0 Å². The van der Waals surface area contributed by atoms with Crippen molar-refractivity contribution in [3.63, 3.8) is 0 Å². The van der Waals surface area contributed by atoms with E-state index in [1.54, 1.807) is 24.3 Å². The molecule has 1 aliphatic rings. The summed E-state index contributed by atoms with van der Waals surface area (Å²) in [6.45, 7) is 0. The maximum absolute atomic E-state index is 12.4. The summed E-state index contributed by atoms with van der Waals surface area (Å²) in [5.41, 5.74) is 0. The van der Waals surface area contributed by atoms with E-state index in [-0.39, 0.29) is 17.4 Å². The quantitative estimate of drug-likeness (QED) is 0.500.